The van der Waals surface area contributed by atoms with Crippen LogP contribution in [0, 0.1) is 10.8 Å². The van der Waals surface area contributed by atoms with Crippen LogP contribution in [0.5, 0.6) is 0 Å². The van der Waals surface area contributed by atoms with E-state index < -0.39 is 0 Å². The molecule has 0 radical (unpaired) electrons. The maximum absolute atomic E-state index is 12.8. The maximum Gasteiger partial charge on any atom is 0.237 e. The summed E-state index contributed by atoms with van der Waals surface area (Å²) in [6, 6.07) is 0.483. The van der Waals surface area contributed by atoms with E-state index in [4.69, 9.17) is 0 Å². The van der Waals surface area contributed by atoms with Crippen LogP contribution in [0.15, 0.2) is 0 Å². The monoisotopic (exact) mass is 293 g/mol. The summed E-state index contributed by atoms with van der Waals surface area (Å²) in [6.07, 6.45) is 4.80. The molecule has 1 aliphatic carbocycles. The quantitative estimate of drug-likeness (QED) is 0.842. The molecule has 2 unspecified atom stereocenters. The molecule has 1 amide bonds. The summed E-state index contributed by atoms with van der Waals surface area (Å²) in [6.45, 7) is 12.9. The van der Waals surface area contributed by atoms with Crippen molar-refractivity contribution in [2.45, 2.75) is 52.5 Å². The first kappa shape index (κ1) is 15.3. The van der Waals surface area contributed by atoms with E-state index in [1.165, 1.54) is 19.3 Å². The molecule has 0 spiro atoms. The Morgan fingerprint density at radius 2 is 2.00 bits per heavy atom. The second kappa shape index (κ2) is 5.54. The topological polar surface area (TPSA) is 35.6 Å². The Morgan fingerprint density at radius 1 is 1.19 bits per heavy atom. The van der Waals surface area contributed by atoms with Crippen molar-refractivity contribution in [2.24, 2.45) is 10.8 Å². The molecule has 21 heavy (non-hydrogen) atoms. The van der Waals surface area contributed by atoms with Crippen molar-refractivity contribution in [1.82, 2.24) is 15.1 Å². The van der Waals surface area contributed by atoms with Gasteiger partial charge in [-0.1, -0.05) is 20.8 Å². The fraction of sp³-hybridized carbons (Fsp3) is 0.941. The van der Waals surface area contributed by atoms with Crippen LogP contribution in [-0.2, 0) is 4.79 Å². The first-order valence-electron chi connectivity index (χ1n) is 8.60. The molecule has 1 N–H and O–H groups in total. The molecule has 2 atom stereocenters. The molecule has 3 fully saturated rings. The standard InChI is InChI=1S/C17H31N3O/c1-16(2)9-14-10-17(3,12-16)13-20(14)15(21)11-19-7-4-5-18-6-8-19/h14,18H,4-13H2,1-3H3. The molecular formula is C17H31N3O. The van der Waals surface area contributed by atoms with Crippen molar-refractivity contribution >= 4 is 5.91 Å². The fourth-order valence-corrected chi connectivity index (χ4v) is 5.09. The van der Waals surface area contributed by atoms with E-state index in [-0.39, 0.29) is 0 Å². The van der Waals surface area contributed by atoms with E-state index >= 15 is 0 Å². The number of carbonyl (C=O) groups is 1. The minimum atomic E-state index is 0.350. The molecule has 2 heterocycles. The summed E-state index contributed by atoms with van der Waals surface area (Å²) in [5.41, 5.74) is 0.738. The molecule has 2 bridgehead atoms. The van der Waals surface area contributed by atoms with Gasteiger partial charge in [0.15, 0.2) is 0 Å². The number of rotatable bonds is 2. The van der Waals surface area contributed by atoms with E-state index in [1.54, 1.807) is 0 Å². The van der Waals surface area contributed by atoms with Gasteiger partial charge in [-0.3, -0.25) is 9.69 Å². The van der Waals surface area contributed by atoms with Crippen LogP contribution in [0.3, 0.4) is 0 Å². The number of nitrogens with one attached hydrogen (secondary N) is 1. The van der Waals surface area contributed by atoms with Crippen molar-refractivity contribution in [3.05, 3.63) is 0 Å². The molecule has 2 saturated heterocycles. The second-order valence-corrected chi connectivity index (χ2v) is 8.62. The van der Waals surface area contributed by atoms with Gasteiger partial charge in [0.05, 0.1) is 6.54 Å². The highest BCUT2D eigenvalue weighted by molar-refractivity contribution is 5.79. The minimum Gasteiger partial charge on any atom is -0.338 e. The number of fused-ring (bicyclic) bond motifs is 2. The minimum absolute atomic E-state index is 0.350. The lowest BCUT2D eigenvalue weighted by molar-refractivity contribution is -0.133. The number of likely N-dealkylation sites (tertiary alicyclic amines) is 1. The maximum atomic E-state index is 12.8. The zero-order chi connectivity index (χ0) is 15.1. The Morgan fingerprint density at radius 3 is 2.81 bits per heavy atom. The summed E-state index contributed by atoms with van der Waals surface area (Å²) in [7, 11) is 0. The van der Waals surface area contributed by atoms with Crippen LogP contribution in [0.1, 0.15) is 46.5 Å². The van der Waals surface area contributed by atoms with Gasteiger partial charge < -0.3 is 10.2 Å². The lowest BCUT2D eigenvalue weighted by Gasteiger charge is -2.39. The van der Waals surface area contributed by atoms with Gasteiger partial charge in [0.25, 0.3) is 0 Å². The lowest BCUT2D eigenvalue weighted by Crippen LogP contribution is -2.44. The number of hydrogen-bond donors (Lipinski definition) is 1. The number of amides is 1. The SMILES string of the molecule is CC1(C)CC2CC(C)(CN2C(=O)CN2CCCNCC2)C1. The summed E-state index contributed by atoms with van der Waals surface area (Å²) in [5, 5.41) is 3.41. The zero-order valence-electron chi connectivity index (χ0n) is 14.0. The van der Waals surface area contributed by atoms with Gasteiger partial charge in [0.1, 0.15) is 0 Å². The average molecular weight is 293 g/mol. The average Bonchev–Trinajstić information content (AvgIpc) is 2.54. The van der Waals surface area contributed by atoms with Crippen LogP contribution in [0.25, 0.3) is 0 Å². The summed E-state index contributed by atoms with van der Waals surface area (Å²) >= 11 is 0. The number of hydrogen-bond acceptors (Lipinski definition) is 3. The van der Waals surface area contributed by atoms with E-state index in [2.05, 4.69) is 35.9 Å². The molecule has 2 aliphatic heterocycles. The highest BCUT2D eigenvalue weighted by Crippen LogP contribution is 2.52. The van der Waals surface area contributed by atoms with Crippen LogP contribution in [0.2, 0.25) is 0 Å². The van der Waals surface area contributed by atoms with Crippen LogP contribution < -0.4 is 5.32 Å². The third kappa shape index (κ3) is 3.42. The van der Waals surface area contributed by atoms with Gasteiger partial charge in [-0.2, -0.15) is 0 Å². The normalized spacial score (nSPS) is 36.5. The van der Waals surface area contributed by atoms with Crippen LogP contribution in [0.4, 0.5) is 0 Å². The Balaban J connectivity index is 1.63. The molecule has 0 aromatic heterocycles. The molecule has 0 aromatic rings. The van der Waals surface area contributed by atoms with Gasteiger partial charge in [0.2, 0.25) is 5.91 Å². The molecule has 1 saturated carbocycles. The highest BCUT2D eigenvalue weighted by atomic mass is 16.2. The predicted octanol–water partition coefficient (Wildman–Crippen LogP) is 1.71. The highest BCUT2D eigenvalue weighted by Gasteiger charge is 2.50. The summed E-state index contributed by atoms with van der Waals surface area (Å²) in [5.74, 6) is 0.364. The van der Waals surface area contributed by atoms with Crippen LogP contribution in [-0.4, -0.2) is 61.0 Å². The van der Waals surface area contributed by atoms with Gasteiger partial charge in [0, 0.05) is 25.7 Å². The van der Waals surface area contributed by atoms with Crippen LogP contribution >= 0.6 is 0 Å². The first-order valence-corrected chi connectivity index (χ1v) is 8.60. The zero-order valence-corrected chi connectivity index (χ0v) is 14.0. The first-order chi connectivity index (χ1) is 9.87. The van der Waals surface area contributed by atoms with Gasteiger partial charge in [-0.15, -0.1) is 0 Å². The molecule has 0 aromatic carbocycles. The Bertz CT molecular complexity index is 401. The van der Waals surface area contributed by atoms with E-state index in [0.29, 0.717) is 29.3 Å². The molecule has 3 aliphatic rings. The Labute approximate surface area is 129 Å². The molecule has 3 rings (SSSR count). The third-order valence-corrected chi connectivity index (χ3v) is 5.53. The largest absolute Gasteiger partial charge is 0.338 e. The molecular weight excluding hydrogens is 262 g/mol. The smallest absolute Gasteiger partial charge is 0.237 e. The van der Waals surface area contributed by atoms with Crippen molar-refractivity contribution in [3.63, 3.8) is 0 Å². The van der Waals surface area contributed by atoms with E-state index in [9.17, 15) is 4.79 Å². The lowest BCUT2D eigenvalue weighted by atomic mass is 9.65. The van der Waals surface area contributed by atoms with E-state index in [1.807, 2.05) is 0 Å². The van der Waals surface area contributed by atoms with Crippen molar-refractivity contribution in [2.75, 3.05) is 39.3 Å². The predicted molar refractivity (Wildman–Crippen MR) is 85.2 cm³/mol. The Hall–Kier alpha value is -0.610. The van der Waals surface area contributed by atoms with E-state index in [0.717, 1.165) is 39.1 Å². The van der Waals surface area contributed by atoms with Gasteiger partial charge in [-0.25, -0.2) is 0 Å². The Kier molecular flexibility index (Phi) is 4.04. The summed E-state index contributed by atoms with van der Waals surface area (Å²) in [4.78, 5) is 17.3. The number of nitrogens with zero attached hydrogens (tertiary/aromatic N) is 2. The van der Waals surface area contributed by atoms with Crippen molar-refractivity contribution in [1.29, 1.82) is 0 Å². The molecule has 120 valence electrons. The summed E-state index contributed by atoms with van der Waals surface area (Å²) < 4.78 is 0. The van der Waals surface area contributed by atoms with Crippen molar-refractivity contribution < 1.29 is 4.79 Å². The fourth-order valence-electron chi connectivity index (χ4n) is 5.09. The molecule has 4 heteroatoms. The van der Waals surface area contributed by atoms with Gasteiger partial charge >= 0.3 is 0 Å². The van der Waals surface area contributed by atoms with Crippen molar-refractivity contribution in [3.8, 4) is 0 Å². The molecule has 4 nitrogen and oxygen atoms in total. The van der Waals surface area contributed by atoms with Gasteiger partial charge in [-0.05, 0) is 49.6 Å². The number of carbonyl (C=O) groups excluding carboxylic acids is 1. The second-order valence-electron chi connectivity index (χ2n) is 8.62. The third-order valence-electron chi connectivity index (χ3n) is 5.53.